The first-order valence-corrected chi connectivity index (χ1v) is 5.56. The minimum atomic E-state index is -4.66. The zero-order valence-corrected chi connectivity index (χ0v) is 9.60. The Bertz CT molecular complexity index is 273. The highest BCUT2D eigenvalue weighted by Gasteiger charge is 2.55. The Morgan fingerprint density at radius 2 is 1.88 bits per heavy atom. The molecule has 0 radical (unpaired) electrons. The summed E-state index contributed by atoms with van der Waals surface area (Å²) in [6.45, 7) is 2.73. The topological polar surface area (TPSA) is 43.1 Å². The Labute approximate surface area is 93.4 Å². The van der Waals surface area contributed by atoms with Crippen LogP contribution in [-0.4, -0.2) is 17.5 Å². The van der Waals surface area contributed by atoms with Gasteiger partial charge in [-0.15, -0.1) is 0 Å². The third kappa shape index (κ3) is 2.56. The van der Waals surface area contributed by atoms with Gasteiger partial charge in [-0.1, -0.05) is 19.8 Å². The molecule has 3 unspecified atom stereocenters. The zero-order valence-electron chi connectivity index (χ0n) is 9.60. The molecule has 94 valence electrons. The molecule has 0 aromatic heterocycles. The number of hydrogen-bond acceptors (Lipinski definition) is 2. The van der Waals surface area contributed by atoms with Crippen molar-refractivity contribution in [2.45, 2.75) is 51.2 Å². The van der Waals surface area contributed by atoms with E-state index < -0.39 is 23.4 Å². The second-order valence-electron chi connectivity index (χ2n) is 5.03. The first-order chi connectivity index (χ1) is 7.16. The lowest BCUT2D eigenvalue weighted by molar-refractivity contribution is -0.189. The molecule has 5 heteroatoms. The lowest BCUT2D eigenvalue weighted by Gasteiger charge is -2.33. The van der Waals surface area contributed by atoms with Crippen LogP contribution in [-0.2, 0) is 4.79 Å². The van der Waals surface area contributed by atoms with Crippen molar-refractivity contribution in [1.29, 1.82) is 0 Å². The maximum atomic E-state index is 12.6. The number of halogens is 3. The third-order valence-corrected chi connectivity index (χ3v) is 3.41. The number of ketones is 1. The predicted molar refractivity (Wildman–Crippen MR) is 54.8 cm³/mol. The summed E-state index contributed by atoms with van der Waals surface area (Å²) in [6, 6.07) is 0. The van der Waals surface area contributed by atoms with Gasteiger partial charge in [0.25, 0.3) is 0 Å². The van der Waals surface area contributed by atoms with Crippen molar-refractivity contribution in [3.8, 4) is 0 Å². The highest BCUT2D eigenvalue weighted by molar-refractivity contribution is 5.90. The zero-order chi connectivity index (χ0) is 12.6. The molecule has 0 aliphatic heterocycles. The van der Waals surface area contributed by atoms with Crippen molar-refractivity contribution < 1.29 is 18.0 Å². The van der Waals surface area contributed by atoms with Crippen LogP contribution in [0.25, 0.3) is 0 Å². The van der Waals surface area contributed by atoms with Gasteiger partial charge in [-0.25, -0.2) is 0 Å². The van der Waals surface area contributed by atoms with Crippen LogP contribution in [0.3, 0.4) is 0 Å². The number of Topliss-reactive ketones (excluding diaryl/α,β-unsaturated/α-hetero) is 1. The number of hydrogen-bond donors (Lipinski definition) is 1. The Kier molecular flexibility index (Phi) is 3.67. The second-order valence-corrected chi connectivity index (χ2v) is 5.03. The quantitative estimate of drug-likeness (QED) is 0.802. The largest absolute Gasteiger partial charge is 0.413 e. The summed E-state index contributed by atoms with van der Waals surface area (Å²) in [4.78, 5) is 11.8. The van der Waals surface area contributed by atoms with Crippen LogP contribution in [0.5, 0.6) is 0 Å². The van der Waals surface area contributed by atoms with Gasteiger partial charge < -0.3 is 5.73 Å². The number of rotatable bonds is 2. The van der Waals surface area contributed by atoms with E-state index in [0.717, 1.165) is 19.8 Å². The van der Waals surface area contributed by atoms with Gasteiger partial charge >= 0.3 is 6.18 Å². The molecule has 2 N–H and O–H groups in total. The maximum Gasteiger partial charge on any atom is 0.413 e. The highest BCUT2D eigenvalue weighted by atomic mass is 19.4. The van der Waals surface area contributed by atoms with Crippen molar-refractivity contribution >= 4 is 5.78 Å². The molecule has 3 atom stereocenters. The smallest absolute Gasteiger partial charge is 0.312 e. The fraction of sp³-hybridized carbons (Fsp3) is 0.909. The molecule has 1 aliphatic rings. The molecule has 1 aliphatic carbocycles. The lowest BCUT2D eigenvalue weighted by Crippen LogP contribution is -2.59. The number of nitrogens with two attached hydrogens (primary N) is 1. The van der Waals surface area contributed by atoms with Gasteiger partial charge in [0, 0.05) is 5.92 Å². The first kappa shape index (κ1) is 13.5. The minimum absolute atomic E-state index is 0.312. The second kappa shape index (κ2) is 4.35. The van der Waals surface area contributed by atoms with E-state index in [-0.39, 0.29) is 0 Å². The van der Waals surface area contributed by atoms with Gasteiger partial charge in [-0.05, 0) is 25.7 Å². The van der Waals surface area contributed by atoms with Crippen LogP contribution in [0.1, 0.15) is 39.5 Å². The third-order valence-electron chi connectivity index (χ3n) is 3.41. The van der Waals surface area contributed by atoms with Crippen LogP contribution >= 0.6 is 0 Å². The van der Waals surface area contributed by atoms with Crippen molar-refractivity contribution in [1.82, 2.24) is 0 Å². The summed E-state index contributed by atoms with van der Waals surface area (Å²) >= 11 is 0. The average molecular weight is 237 g/mol. The molecule has 0 aromatic carbocycles. The van der Waals surface area contributed by atoms with E-state index in [1.165, 1.54) is 0 Å². The first-order valence-electron chi connectivity index (χ1n) is 5.56. The van der Waals surface area contributed by atoms with E-state index in [1.807, 2.05) is 6.92 Å². The van der Waals surface area contributed by atoms with Crippen molar-refractivity contribution in [2.24, 2.45) is 17.6 Å². The van der Waals surface area contributed by atoms with E-state index in [1.54, 1.807) is 0 Å². The van der Waals surface area contributed by atoms with Gasteiger partial charge in [0.2, 0.25) is 0 Å². The fourth-order valence-corrected chi connectivity index (χ4v) is 2.24. The monoisotopic (exact) mass is 237 g/mol. The molecular formula is C11H18F3NO. The van der Waals surface area contributed by atoms with Crippen LogP contribution in [0, 0.1) is 11.8 Å². The predicted octanol–water partition coefficient (Wildman–Crippen LogP) is 2.66. The number of alkyl halides is 3. The Balaban J connectivity index is 2.77. The Morgan fingerprint density at radius 1 is 1.31 bits per heavy atom. The summed E-state index contributed by atoms with van der Waals surface area (Å²) in [7, 11) is 0. The van der Waals surface area contributed by atoms with Gasteiger partial charge in [-0.2, -0.15) is 13.2 Å². The van der Waals surface area contributed by atoms with Crippen LogP contribution < -0.4 is 5.73 Å². The number of carbonyl (C=O) groups excluding carboxylic acids is 1. The van der Waals surface area contributed by atoms with Crippen molar-refractivity contribution in [2.75, 3.05) is 0 Å². The van der Waals surface area contributed by atoms with E-state index >= 15 is 0 Å². The molecule has 0 aromatic rings. The van der Waals surface area contributed by atoms with E-state index in [0.29, 0.717) is 18.8 Å². The fourth-order valence-electron chi connectivity index (χ4n) is 2.24. The Hall–Kier alpha value is -0.580. The molecule has 0 amide bonds. The Morgan fingerprint density at radius 3 is 2.31 bits per heavy atom. The van der Waals surface area contributed by atoms with E-state index in [9.17, 15) is 18.0 Å². The SMILES string of the molecule is CC1CCCC(C(=O)C(C)(N)C(F)(F)F)C1. The van der Waals surface area contributed by atoms with E-state index in [4.69, 9.17) is 5.73 Å². The summed E-state index contributed by atoms with van der Waals surface area (Å²) in [5, 5.41) is 0. The molecule has 1 fully saturated rings. The van der Waals surface area contributed by atoms with Gasteiger partial charge in [0.05, 0.1) is 0 Å². The summed E-state index contributed by atoms with van der Waals surface area (Å²) in [6.07, 6.45) is -1.80. The molecule has 16 heavy (non-hydrogen) atoms. The minimum Gasteiger partial charge on any atom is -0.312 e. The highest BCUT2D eigenvalue weighted by Crippen LogP contribution is 2.36. The molecule has 0 heterocycles. The molecule has 1 saturated carbocycles. The average Bonchev–Trinajstić information content (AvgIpc) is 2.14. The molecule has 0 bridgehead atoms. The summed E-state index contributed by atoms with van der Waals surface area (Å²) in [5.41, 5.74) is 2.44. The summed E-state index contributed by atoms with van der Waals surface area (Å²) < 4.78 is 37.8. The summed E-state index contributed by atoms with van der Waals surface area (Å²) in [5.74, 6) is -1.07. The molecule has 0 saturated heterocycles. The van der Waals surface area contributed by atoms with Crippen LogP contribution in [0.4, 0.5) is 13.2 Å². The van der Waals surface area contributed by atoms with Gasteiger partial charge in [0.15, 0.2) is 11.3 Å². The lowest BCUT2D eigenvalue weighted by atomic mass is 9.75. The standard InChI is InChI=1S/C11H18F3NO/c1-7-4-3-5-8(6-7)9(16)10(2,15)11(12,13)14/h7-8H,3-6,15H2,1-2H3. The van der Waals surface area contributed by atoms with Crippen LogP contribution in [0.15, 0.2) is 0 Å². The molecule has 2 nitrogen and oxygen atoms in total. The van der Waals surface area contributed by atoms with E-state index in [2.05, 4.69) is 0 Å². The number of carbonyl (C=O) groups is 1. The molecule has 1 rings (SSSR count). The van der Waals surface area contributed by atoms with Crippen molar-refractivity contribution in [3.63, 3.8) is 0 Å². The van der Waals surface area contributed by atoms with Gasteiger partial charge in [-0.3, -0.25) is 4.79 Å². The molecule has 0 spiro atoms. The van der Waals surface area contributed by atoms with Gasteiger partial charge in [0.1, 0.15) is 0 Å². The molecular weight excluding hydrogens is 219 g/mol. The van der Waals surface area contributed by atoms with Crippen molar-refractivity contribution in [3.05, 3.63) is 0 Å². The maximum absolute atomic E-state index is 12.6. The normalized spacial score (nSPS) is 30.9. The van der Waals surface area contributed by atoms with Crippen LogP contribution in [0.2, 0.25) is 0 Å².